The van der Waals surface area contributed by atoms with Crippen molar-refractivity contribution < 1.29 is 14.6 Å². The largest absolute Gasteiger partial charge is 0.503 e. The summed E-state index contributed by atoms with van der Waals surface area (Å²) < 4.78 is 5.27. The standard InChI is InChI=1S/C16H19ClN2O3/c1-3-5-6-19-16(21)12(10-18)7-11-8-13(17)15(20)14(9-11)22-4-2/h7-9,20H,3-6H2,1-2H3,(H,19,21). The van der Waals surface area contributed by atoms with Gasteiger partial charge in [0, 0.05) is 6.54 Å². The van der Waals surface area contributed by atoms with Crippen LogP contribution in [0.15, 0.2) is 17.7 Å². The third-order valence-corrected chi connectivity index (χ3v) is 3.13. The number of rotatable bonds is 7. The van der Waals surface area contributed by atoms with Crippen LogP contribution >= 0.6 is 11.6 Å². The smallest absolute Gasteiger partial charge is 0.261 e. The number of nitrogens with one attached hydrogen (secondary N) is 1. The van der Waals surface area contributed by atoms with Gasteiger partial charge in [-0.1, -0.05) is 24.9 Å². The molecule has 0 heterocycles. The third-order valence-electron chi connectivity index (χ3n) is 2.84. The molecule has 0 aliphatic heterocycles. The molecule has 1 rings (SSSR count). The SMILES string of the molecule is CCCCNC(=O)C(C#N)=Cc1cc(Cl)c(O)c(OCC)c1. The molecule has 0 aliphatic rings. The van der Waals surface area contributed by atoms with Gasteiger partial charge in [-0.3, -0.25) is 4.79 Å². The van der Waals surface area contributed by atoms with Crippen LogP contribution in [0.25, 0.3) is 6.08 Å². The number of unbranched alkanes of at least 4 members (excludes halogenated alkanes) is 1. The fraction of sp³-hybridized carbons (Fsp3) is 0.375. The molecule has 0 radical (unpaired) electrons. The molecule has 0 saturated carbocycles. The number of amides is 1. The summed E-state index contributed by atoms with van der Waals surface area (Å²) in [5.74, 6) is -0.380. The molecule has 0 aromatic heterocycles. The molecule has 1 amide bonds. The van der Waals surface area contributed by atoms with Crippen LogP contribution in [0.3, 0.4) is 0 Å². The lowest BCUT2D eigenvalue weighted by Gasteiger charge is -2.09. The summed E-state index contributed by atoms with van der Waals surface area (Å²) in [6.07, 6.45) is 3.22. The van der Waals surface area contributed by atoms with Gasteiger partial charge in [0.05, 0.1) is 11.6 Å². The van der Waals surface area contributed by atoms with Gasteiger partial charge >= 0.3 is 0 Å². The fourth-order valence-electron chi connectivity index (χ4n) is 1.73. The average Bonchev–Trinajstić information content (AvgIpc) is 2.50. The molecule has 0 fully saturated rings. The molecular formula is C16H19ClN2O3. The summed E-state index contributed by atoms with van der Waals surface area (Å²) in [5.41, 5.74) is 0.480. The Labute approximate surface area is 135 Å². The summed E-state index contributed by atoms with van der Waals surface area (Å²) in [6.45, 7) is 4.67. The van der Waals surface area contributed by atoms with E-state index in [1.807, 2.05) is 13.0 Å². The van der Waals surface area contributed by atoms with Gasteiger partial charge in [-0.15, -0.1) is 0 Å². The number of benzene rings is 1. The first-order valence-electron chi connectivity index (χ1n) is 7.08. The molecule has 0 spiro atoms. The number of phenolic OH excluding ortho intramolecular Hbond substituents is 1. The summed E-state index contributed by atoms with van der Waals surface area (Å²) in [7, 11) is 0. The van der Waals surface area contributed by atoms with Crippen LogP contribution < -0.4 is 10.1 Å². The maximum atomic E-state index is 11.9. The van der Waals surface area contributed by atoms with Crippen LogP contribution in [0.1, 0.15) is 32.3 Å². The maximum absolute atomic E-state index is 11.9. The summed E-state index contributed by atoms with van der Waals surface area (Å²) in [6, 6.07) is 4.86. The highest BCUT2D eigenvalue weighted by Crippen LogP contribution is 2.35. The molecule has 0 saturated heterocycles. The highest BCUT2D eigenvalue weighted by atomic mass is 35.5. The van der Waals surface area contributed by atoms with Crippen molar-refractivity contribution in [1.82, 2.24) is 5.32 Å². The Balaban J connectivity index is 3.02. The van der Waals surface area contributed by atoms with Crippen molar-refractivity contribution in [2.24, 2.45) is 0 Å². The van der Waals surface area contributed by atoms with Crippen molar-refractivity contribution >= 4 is 23.6 Å². The van der Waals surface area contributed by atoms with Crippen LogP contribution in [0.2, 0.25) is 5.02 Å². The Kier molecular flexibility index (Phi) is 7.27. The average molecular weight is 323 g/mol. The van der Waals surface area contributed by atoms with Crippen molar-refractivity contribution in [2.75, 3.05) is 13.2 Å². The van der Waals surface area contributed by atoms with E-state index in [2.05, 4.69) is 5.32 Å². The van der Waals surface area contributed by atoms with Gasteiger partial charge in [0.2, 0.25) is 0 Å². The van der Waals surface area contributed by atoms with E-state index in [9.17, 15) is 9.90 Å². The minimum absolute atomic E-state index is 0.0275. The monoisotopic (exact) mass is 322 g/mol. The summed E-state index contributed by atoms with van der Waals surface area (Å²) in [4.78, 5) is 11.9. The second-order valence-electron chi connectivity index (χ2n) is 4.56. The van der Waals surface area contributed by atoms with Gasteiger partial charge < -0.3 is 15.2 Å². The minimum Gasteiger partial charge on any atom is -0.503 e. The molecule has 5 nitrogen and oxygen atoms in total. The van der Waals surface area contributed by atoms with Crippen LogP contribution in [0.4, 0.5) is 0 Å². The van der Waals surface area contributed by atoms with Crippen molar-refractivity contribution in [3.63, 3.8) is 0 Å². The first-order chi connectivity index (χ1) is 10.5. The molecule has 1 aromatic carbocycles. The number of phenols is 1. The zero-order valence-electron chi connectivity index (χ0n) is 12.6. The van der Waals surface area contributed by atoms with E-state index in [-0.39, 0.29) is 22.1 Å². The van der Waals surface area contributed by atoms with E-state index in [1.165, 1.54) is 18.2 Å². The quantitative estimate of drug-likeness (QED) is 0.458. The molecular weight excluding hydrogens is 304 g/mol. The minimum atomic E-state index is -0.432. The Morgan fingerprint density at radius 2 is 2.23 bits per heavy atom. The Morgan fingerprint density at radius 1 is 1.50 bits per heavy atom. The third kappa shape index (κ3) is 4.97. The predicted molar refractivity (Wildman–Crippen MR) is 85.8 cm³/mol. The zero-order chi connectivity index (χ0) is 16.5. The van der Waals surface area contributed by atoms with Gasteiger partial charge in [-0.05, 0) is 37.1 Å². The van der Waals surface area contributed by atoms with Gasteiger partial charge in [-0.25, -0.2) is 0 Å². The van der Waals surface area contributed by atoms with Crippen LogP contribution in [0, 0.1) is 11.3 Å². The summed E-state index contributed by atoms with van der Waals surface area (Å²) >= 11 is 5.92. The van der Waals surface area contributed by atoms with Crippen molar-refractivity contribution in [3.8, 4) is 17.6 Å². The number of carbonyl (C=O) groups is 1. The second-order valence-corrected chi connectivity index (χ2v) is 4.97. The van der Waals surface area contributed by atoms with Crippen molar-refractivity contribution in [3.05, 3.63) is 28.3 Å². The molecule has 0 atom stereocenters. The van der Waals surface area contributed by atoms with Gasteiger partial charge in [0.1, 0.15) is 11.6 Å². The number of nitrogens with zero attached hydrogens (tertiary/aromatic N) is 1. The lowest BCUT2D eigenvalue weighted by atomic mass is 10.1. The van der Waals surface area contributed by atoms with Crippen molar-refractivity contribution in [2.45, 2.75) is 26.7 Å². The lowest BCUT2D eigenvalue weighted by Crippen LogP contribution is -2.25. The Morgan fingerprint density at radius 3 is 2.82 bits per heavy atom. The van der Waals surface area contributed by atoms with E-state index >= 15 is 0 Å². The molecule has 0 bridgehead atoms. The van der Waals surface area contributed by atoms with E-state index in [1.54, 1.807) is 6.92 Å². The number of halogens is 1. The van der Waals surface area contributed by atoms with Gasteiger partial charge in [0.25, 0.3) is 5.91 Å². The van der Waals surface area contributed by atoms with Gasteiger partial charge in [-0.2, -0.15) is 5.26 Å². The number of nitriles is 1. The highest BCUT2D eigenvalue weighted by molar-refractivity contribution is 6.32. The van der Waals surface area contributed by atoms with E-state index in [0.29, 0.717) is 18.7 Å². The van der Waals surface area contributed by atoms with E-state index < -0.39 is 5.91 Å². The fourth-order valence-corrected chi connectivity index (χ4v) is 1.95. The first kappa shape index (κ1) is 17.9. The Bertz CT molecular complexity index is 606. The molecule has 1 aromatic rings. The highest BCUT2D eigenvalue weighted by Gasteiger charge is 2.12. The number of carbonyl (C=O) groups excluding carboxylic acids is 1. The lowest BCUT2D eigenvalue weighted by molar-refractivity contribution is -0.117. The van der Waals surface area contributed by atoms with Crippen LogP contribution in [-0.4, -0.2) is 24.2 Å². The zero-order valence-corrected chi connectivity index (χ0v) is 13.4. The Hall–Kier alpha value is -2.19. The van der Waals surface area contributed by atoms with Crippen molar-refractivity contribution in [1.29, 1.82) is 5.26 Å². The number of hydrogen-bond donors (Lipinski definition) is 2. The summed E-state index contributed by atoms with van der Waals surface area (Å²) in [5, 5.41) is 21.7. The number of aromatic hydroxyl groups is 1. The van der Waals surface area contributed by atoms with E-state index in [0.717, 1.165) is 12.8 Å². The number of hydrogen-bond acceptors (Lipinski definition) is 4. The molecule has 2 N–H and O–H groups in total. The van der Waals surface area contributed by atoms with E-state index in [4.69, 9.17) is 21.6 Å². The molecule has 0 unspecified atom stereocenters. The predicted octanol–water partition coefficient (Wildman–Crippen LogP) is 3.27. The molecule has 22 heavy (non-hydrogen) atoms. The van der Waals surface area contributed by atoms with Crippen LogP contribution in [-0.2, 0) is 4.79 Å². The van der Waals surface area contributed by atoms with Crippen LogP contribution in [0.5, 0.6) is 11.5 Å². The molecule has 118 valence electrons. The normalized spacial score (nSPS) is 10.9. The maximum Gasteiger partial charge on any atom is 0.261 e. The second kappa shape index (κ2) is 8.96. The molecule has 0 aliphatic carbocycles. The first-order valence-corrected chi connectivity index (χ1v) is 7.46. The topological polar surface area (TPSA) is 82.4 Å². The molecule has 6 heteroatoms. The van der Waals surface area contributed by atoms with Gasteiger partial charge in [0.15, 0.2) is 11.5 Å². The number of ether oxygens (including phenoxy) is 1.